The molecule has 0 amide bonds. The van der Waals surface area contributed by atoms with Gasteiger partial charge in [-0.25, -0.2) is 4.98 Å². The van der Waals surface area contributed by atoms with Crippen LogP contribution in [0.3, 0.4) is 0 Å². The third-order valence-corrected chi connectivity index (χ3v) is 3.64. The molecule has 0 bridgehead atoms. The van der Waals surface area contributed by atoms with E-state index in [9.17, 15) is 0 Å². The Balaban J connectivity index is 2.00. The summed E-state index contributed by atoms with van der Waals surface area (Å²) >= 11 is 0. The van der Waals surface area contributed by atoms with Crippen LogP contribution < -0.4 is 9.64 Å². The molecule has 100 valence electrons. The largest absolute Gasteiger partial charge is 0.497 e. The van der Waals surface area contributed by atoms with E-state index >= 15 is 0 Å². The zero-order chi connectivity index (χ0) is 13.2. The molecule has 2 aromatic rings. The highest BCUT2D eigenvalue weighted by atomic mass is 16.5. The van der Waals surface area contributed by atoms with Crippen molar-refractivity contribution in [2.75, 3.05) is 25.1 Å². The highest BCUT2D eigenvalue weighted by Gasteiger charge is 2.19. The molecule has 4 heteroatoms. The van der Waals surface area contributed by atoms with E-state index in [4.69, 9.17) is 4.74 Å². The minimum absolute atomic E-state index is 0.879. The zero-order valence-electron chi connectivity index (χ0n) is 11.5. The van der Waals surface area contributed by atoms with Gasteiger partial charge in [0.1, 0.15) is 5.75 Å². The van der Waals surface area contributed by atoms with E-state index in [1.807, 2.05) is 18.3 Å². The Morgan fingerprint density at radius 2 is 1.79 bits per heavy atom. The lowest BCUT2D eigenvalue weighted by molar-refractivity contribution is 0.414. The molecule has 0 unspecified atom stereocenters. The molecular formula is C15H19N3O. The second kappa shape index (κ2) is 4.96. The number of anilines is 1. The van der Waals surface area contributed by atoms with Gasteiger partial charge in [0, 0.05) is 24.5 Å². The monoisotopic (exact) mass is 257 g/mol. The number of methoxy groups -OCH3 is 1. The Hall–Kier alpha value is -1.97. The quantitative estimate of drug-likeness (QED) is 0.847. The van der Waals surface area contributed by atoms with Crippen molar-refractivity contribution in [3.05, 3.63) is 36.2 Å². The first-order valence-corrected chi connectivity index (χ1v) is 6.73. The zero-order valence-corrected chi connectivity index (χ0v) is 11.5. The predicted molar refractivity (Wildman–Crippen MR) is 76.3 cm³/mol. The molecule has 3 rings (SSSR count). The number of aromatic nitrogens is 2. The summed E-state index contributed by atoms with van der Waals surface area (Å²) < 4.78 is 7.42. The van der Waals surface area contributed by atoms with Gasteiger partial charge in [-0.15, -0.1) is 0 Å². The number of aryl methyl sites for hydroxylation is 1. The van der Waals surface area contributed by atoms with Crippen LogP contribution in [0.25, 0.3) is 5.69 Å². The molecule has 0 saturated carbocycles. The number of benzene rings is 1. The van der Waals surface area contributed by atoms with Gasteiger partial charge in [0.25, 0.3) is 0 Å². The number of imidazole rings is 1. The van der Waals surface area contributed by atoms with Crippen molar-refractivity contribution >= 4 is 5.95 Å². The first-order chi connectivity index (χ1) is 9.29. The molecule has 1 aliphatic heterocycles. The Bertz CT molecular complexity index is 553. The van der Waals surface area contributed by atoms with E-state index in [0.29, 0.717) is 0 Å². The van der Waals surface area contributed by atoms with Gasteiger partial charge in [-0.05, 0) is 44.0 Å². The third kappa shape index (κ3) is 2.18. The summed E-state index contributed by atoms with van der Waals surface area (Å²) in [4.78, 5) is 6.93. The molecule has 1 saturated heterocycles. The summed E-state index contributed by atoms with van der Waals surface area (Å²) in [5.74, 6) is 1.93. The second-order valence-corrected chi connectivity index (χ2v) is 4.93. The minimum Gasteiger partial charge on any atom is -0.497 e. The van der Waals surface area contributed by atoms with Crippen LogP contribution in [-0.2, 0) is 0 Å². The number of hydrogen-bond acceptors (Lipinski definition) is 3. The Morgan fingerprint density at radius 1 is 1.11 bits per heavy atom. The molecule has 0 spiro atoms. The fourth-order valence-corrected chi connectivity index (χ4v) is 2.61. The van der Waals surface area contributed by atoms with Crippen molar-refractivity contribution in [3.63, 3.8) is 0 Å². The van der Waals surface area contributed by atoms with Crippen molar-refractivity contribution in [2.45, 2.75) is 19.8 Å². The van der Waals surface area contributed by atoms with E-state index in [1.165, 1.54) is 12.8 Å². The fourth-order valence-electron chi connectivity index (χ4n) is 2.61. The third-order valence-electron chi connectivity index (χ3n) is 3.64. The lowest BCUT2D eigenvalue weighted by Crippen LogP contribution is -2.22. The van der Waals surface area contributed by atoms with Gasteiger partial charge in [-0.3, -0.25) is 4.57 Å². The van der Waals surface area contributed by atoms with E-state index in [1.54, 1.807) is 7.11 Å². The molecule has 0 aliphatic carbocycles. The van der Waals surface area contributed by atoms with Crippen molar-refractivity contribution in [1.82, 2.24) is 9.55 Å². The van der Waals surface area contributed by atoms with Crippen molar-refractivity contribution in [1.29, 1.82) is 0 Å². The van der Waals surface area contributed by atoms with Gasteiger partial charge in [-0.2, -0.15) is 0 Å². The summed E-state index contributed by atoms with van der Waals surface area (Å²) in [6.07, 6.45) is 4.46. The molecule has 1 aromatic carbocycles. The summed E-state index contributed by atoms with van der Waals surface area (Å²) in [6, 6.07) is 8.13. The number of ether oxygens (including phenoxy) is 1. The summed E-state index contributed by atoms with van der Waals surface area (Å²) in [6.45, 7) is 4.30. The van der Waals surface area contributed by atoms with Gasteiger partial charge < -0.3 is 9.64 Å². The van der Waals surface area contributed by atoms with Crippen molar-refractivity contribution < 1.29 is 4.74 Å². The SMILES string of the molecule is COc1ccc(-n2c(C)cnc2N2CCCC2)cc1. The molecule has 0 atom stereocenters. The van der Waals surface area contributed by atoms with Gasteiger partial charge in [0.2, 0.25) is 5.95 Å². The van der Waals surface area contributed by atoms with E-state index in [-0.39, 0.29) is 0 Å². The first-order valence-electron chi connectivity index (χ1n) is 6.73. The Labute approximate surface area is 113 Å². The van der Waals surface area contributed by atoms with E-state index in [2.05, 4.69) is 33.5 Å². The lowest BCUT2D eigenvalue weighted by Gasteiger charge is -2.19. The van der Waals surface area contributed by atoms with Crippen LogP contribution in [-0.4, -0.2) is 29.8 Å². The lowest BCUT2D eigenvalue weighted by atomic mass is 10.3. The summed E-state index contributed by atoms with van der Waals surface area (Å²) in [5.41, 5.74) is 2.30. The normalized spacial score (nSPS) is 14.9. The van der Waals surface area contributed by atoms with Crippen LogP contribution in [0.5, 0.6) is 5.75 Å². The standard InChI is InChI=1S/C15H19N3O/c1-12-11-16-15(17-9-3-4-10-17)18(12)13-5-7-14(19-2)8-6-13/h5-8,11H,3-4,9-10H2,1-2H3. The number of rotatable bonds is 3. The summed E-state index contributed by atoms with van der Waals surface area (Å²) in [7, 11) is 1.69. The van der Waals surface area contributed by atoms with Crippen LogP contribution in [0.4, 0.5) is 5.95 Å². The van der Waals surface area contributed by atoms with Gasteiger partial charge in [-0.1, -0.05) is 0 Å². The smallest absolute Gasteiger partial charge is 0.210 e. The average Bonchev–Trinajstić information content (AvgIpc) is 3.08. The average molecular weight is 257 g/mol. The molecule has 2 heterocycles. The topological polar surface area (TPSA) is 30.3 Å². The molecule has 0 radical (unpaired) electrons. The van der Waals surface area contributed by atoms with Crippen LogP contribution in [0.1, 0.15) is 18.5 Å². The number of hydrogen-bond donors (Lipinski definition) is 0. The number of nitrogens with zero attached hydrogens (tertiary/aromatic N) is 3. The molecule has 4 nitrogen and oxygen atoms in total. The second-order valence-electron chi connectivity index (χ2n) is 4.93. The maximum atomic E-state index is 5.21. The summed E-state index contributed by atoms with van der Waals surface area (Å²) in [5, 5.41) is 0. The molecule has 1 aromatic heterocycles. The fraction of sp³-hybridized carbons (Fsp3) is 0.400. The molecule has 19 heavy (non-hydrogen) atoms. The van der Waals surface area contributed by atoms with Crippen LogP contribution in [0.15, 0.2) is 30.5 Å². The van der Waals surface area contributed by atoms with E-state index < -0.39 is 0 Å². The van der Waals surface area contributed by atoms with Gasteiger partial charge in [0.05, 0.1) is 13.3 Å². The van der Waals surface area contributed by atoms with Crippen LogP contribution in [0, 0.1) is 6.92 Å². The predicted octanol–water partition coefficient (Wildman–Crippen LogP) is 2.79. The molecular weight excluding hydrogens is 238 g/mol. The van der Waals surface area contributed by atoms with Crippen molar-refractivity contribution in [2.24, 2.45) is 0 Å². The highest BCUT2D eigenvalue weighted by Crippen LogP contribution is 2.25. The maximum Gasteiger partial charge on any atom is 0.210 e. The minimum atomic E-state index is 0.879. The van der Waals surface area contributed by atoms with Crippen LogP contribution >= 0.6 is 0 Å². The Kier molecular flexibility index (Phi) is 3.15. The van der Waals surface area contributed by atoms with E-state index in [0.717, 1.165) is 36.2 Å². The maximum absolute atomic E-state index is 5.21. The van der Waals surface area contributed by atoms with Gasteiger partial charge in [0.15, 0.2) is 0 Å². The van der Waals surface area contributed by atoms with Gasteiger partial charge >= 0.3 is 0 Å². The molecule has 1 fully saturated rings. The van der Waals surface area contributed by atoms with Crippen molar-refractivity contribution in [3.8, 4) is 11.4 Å². The molecule has 0 N–H and O–H groups in total. The van der Waals surface area contributed by atoms with Crippen LogP contribution in [0.2, 0.25) is 0 Å². The first kappa shape index (κ1) is 12.1. The Morgan fingerprint density at radius 3 is 2.42 bits per heavy atom. The highest BCUT2D eigenvalue weighted by molar-refractivity contribution is 5.48. The molecule has 1 aliphatic rings.